The number of rotatable bonds is 7. The van der Waals surface area contributed by atoms with Crippen LogP contribution >= 0.6 is 12.4 Å². The molecule has 1 amide bonds. The fourth-order valence-electron chi connectivity index (χ4n) is 2.05. The first-order chi connectivity index (χ1) is 9.43. The van der Waals surface area contributed by atoms with Crippen LogP contribution in [0.4, 0.5) is 0 Å². The second-order valence-corrected chi connectivity index (χ2v) is 6.07. The summed E-state index contributed by atoms with van der Waals surface area (Å²) in [5.74, 6) is 1.22. The molecule has 0 aliphatic rings. The predicted octanol–water partition coefficient (Wildman–Crippen LogP) is 3.44. The van der Waals surface area contributed by atoms with E-state index in [1.54, 1.807) is 0 Å². The topological polar surface area (TPSA) is 55.1 Å². The zero-order valence-electron chi connectivity index (χ0n) is 13.6. The van der Waals surface area contributed by atoms with E-state index in [4.69, 9.17) is 5.73 Å². The molecule has 2 atom stereocenters. The molecule has 0 saturated heterocycles. The Morgan fingerprint density at radius 3 is 2.10 bits per heavy atom. The van der Waals surface area contributed by atoms with Crippen molar-refractivity contribution in [2.45, 2.75) is 46.0 Å². The van der Waals surface area contributed by atoms with E-state index in [2.05, 4.69) is 50.4 Å². The highest BCUT2D eigenvalue weighted by atomic mass is 35.5. The number of carbonyl (C=O) groups excluding carboxylic acids is 1. The second kappa shape index (κ2) is 9.80. The molecule has 1 rings (SSSR count). The van der Waals surface area contributed by atoms with Crippen LogP contribution in [0.15, 0.2) is 24.3 Å². The monoisotopic (exact) mass is 312 g/mol. The highest BCUT2D eigenvalue weighted by Crippen LogP contribution is 2.22. The molecule has 0 aromatic heterocycles. The largest absolute Gasteiger partial charge is 0.356 e. The summed E-state index contributed by atoms with van der Waals surface area (Å²) in [4.78, 5) is 11.9. The molecule has 1 aromatic rings. The number of halogens is 1. The molecule has 0 spiro atoms. The summed E-state index contributed by atoms with van der Waals surface area (Å²) in [5, 5.41) is 2.94. The van der Waals surface area contributed by atoms with Gasteiger partial charge in [0, 0.05) is 13.0 Å². The Kier molecular flexibility index (Phi) is 9.31. The second-order valence-electron chi connectivity index (χ2n) is 6.07. The van der Waals surface area contributed by atoms with Gasteiger partial charge in [-0.1, -0.05) is 52.0 Å². The average molecular weight is 313 g/mol. The van der Waals surface area contributed by atoms with Crippen LogP contribution < -0.4 is 11.1 Å². The maximum Gasteiger partial charge on any atom is 0.220 e. The maximum atomic E-state index is 11.9. The summed E-state index contributed by atoms with van der Waals surface area (Å²) in [6.45, 7) is 9.76. The number of amides is 1. The van der Waals surface area contributed by atoms with E-state index >= 15 is 0 Å². The molecule has 0 aliphatic carbocycles. The molecule has 0 bridgehead atoms. The minimum Gasteiger partial charge on any atom is -0.356 e. The molecule has 21 heavy (non-hydrogen) atoms. The molecular weight excluding hydrogens is 284 g/mol. The van der Waals surface area contributed by atoms with Crippen molar-refractivity contribution in [1.29, 1.82) is 0 Å². The fourth-order valence-corrected chi connectivity index (χ4v) is 2.05. The molecule has 0 saturated carbocycles. The third-order valence-corrected chi connectivity index (χ3v) is 3.71. The van der Waals surface area contributed by atoms with Crippen LogP contribution in [0.1, 0.15) is 57.1 Å². The average Bonchev–Trinajstić information content (AvgIpc) is 2.44. The Balaban J connectivity index is 0.00000400. The lowest BCUT2D eigenvalue weighted by Gasteiger charge is -2.15. The molecule has 1 aromatic carbocycles. The fraction of sp³-hybridized carbons (Fsp3) is 0.588. The van der Waals surface area contributed by atoms with Gasteiger partial charge in [0.05, 0.1) is 0 Å². The highest BCUT2D eigenvalue weighted by Gasteiger charge is 2.12. The number of hydrogen-bond donors (Lipinski definition) is 2. The lowest BCUT2D eigenvalue weighted by molar-refractivity contribution is -0.121. The summed E-state index contributed by atoms with van der Waals surface area (Å²) >= 11 is 0. The first kappa shape index (κ1) is 19.9. The predicted molar refractivity (Wildman–Crippen MR) is 92.0 cm³/mol. The molecule has 0 aliphatic heterocycles. The normalized spacial score (nSPS) is 13.4. The van der Waals surface area contributed by atoms with Gasteiger partial charge >= 0.3 is 0 Å². The van der Waals surface area contributed by atoms with Crippen molar-refractivity contribution < 1.29 is 4.79 Å². The maximum absolute atomic E-state index is 11.9. The lowest BCUT2D eigenvalue weighted by atomic mass is 9.94. The molecule has 3 N–H and O–H groups in total. The van der Waals surface area contributed by atoms with Crippen molar-refractivity contribution in [3.8, 4) is 0 Å². The quantitative estimate of drug-likeness (QED) is 0.810. The molecule has 3 nitrogen and oxygen atoms in total. The van der Waals surface area contributed by atoms with Crippen LogP contribution in [-0.2, 0) is 4.79 Å². The number of benzene rings is 1. The number of nitrogens with one attached hydrogen (secondary N) is 1. The van der Waals surface area contributed by atoms with Gasteiger partial charge in [-0.05, 0) is 35.4 Å². The summed E-state index contributed by atoms with van der Waals surface area (Å²) in [6.07, 6.45) is 0.526. The standard InChI is InChI=1S/C17H28N2O.ClH/c1-12(2)15-5-7-16(8-6-15)14(4)9-17(20)19-11-13(3)10-18;/h5-8,12-14H,9-11,18H2,1-4H3,(H,19,20);1H. The van der Waals surface area contributed by atoms with Crippen molar-refractivity contribution in [3.63, 3.8) is 0 Å². The number of carbonyl (C=O) groups is 1. The first-order valence-electron chi connectivity index (χ1n) is 7.50. The summed E-state index contributed by atoms with van der Waals surface area (Å²) in [6, 6.07) is 8.58. The highest BCUT2D eigenvalue weighted by molar-refractivity contribution is 5.85. The van der Waals surface area contributed by atoms with E-state index in [0.717, 1.165) is 0 Å². The molecular formula is C17H29ClN2O. The molecule has 120 valence electrons. The van der Waals surface area contributed by atoms with Gasteiger partial charge in [-0.2, -0.15) is 0 Å². The van der Waals surface area contributed by atoms with Crippen molar-refractivity contribution in [1.82, 2.24) is 5.32 Å². The smallest absolute Gasteiger partial charge is 0.220 e. The van der Waals surface area contributed by atoms with Gasteiger partial charge in [-0.15, -0.1) is 12.4 Å². The lowest BCUT2D eigenvalue weighted by Crippen LogP contribution is -2.31. The van der Waals surface area contributed by atoms with Crippen molar-refractivity contribution in [3.05, 3.63) is 35.4 Å². The van der Waals surface area contributed by atoms with E-state index in [9.17, 15) is 4.79 Å². The zero-order valence-corrected chi connectivity index (χ0v) is 14.4. The van der Waals surface area contributed by atoms with Crippen LogP contribution in [-0.4, -0.2) is 19.0 Å². The van der Waals surface area contributed by atoms with Crippen LogP contribution in [0.5, 0.6) is 0 Å². The van der Waals surface area contributed by atoms with Gasteiger partial charge in [-0.25, -0.2) is 0 Å². The van der Waals surface area contributed by atoms with Crippen molar-refractivity contribution in [2.24, 2.45) is 11.7 Å². The Morgan fingerprint density at radius 2 is 1.62 bits per heavy atom. The van der Waals surface area contributed by atoms with Crippen molar-refractivity contribution >= 4 is 18.3 Å². The van der Waals surface area contributed by atoms with Crippen LogP contribution in [0.3, 0.4) is 0 Å². The SMILES string of the molecule is CC(CN)CNC(=O)CC(C)c1ccc(C(C)C)cc1.Cl. The first-order valence-corrected chi connectivity index (χ1v) is 7.50. The van der Waals surface area contributed by atoms with Crippen LogP contribution in [0.25, 0.3) is 0 Å². The van der Waals surface area contributed by atoms with Crippen molar-refractivity contribution in [2.75, 3.05) is 13.1 Å². The molecule has 0 fully saturated rings. The van der Waals surface area contributed by atoms with Gasteiger partial charge in [0.25, 0.3) is 0 Å². The van der Waals surface area contributed by atoms with Crippen LogP contribution in [0, 0.1) is 5.92 Å². The minimum atomic E-state index is 0. The van der Waals surface area contributed by atoms with E-state index in [0.29, 0.717) is 31.3 Å². The summed E-state index contributed by atoms with van der Waals surface area (Å²) in [5.41, 5.74) is 8.09. The Hall–Kier alpha value is -1.06. The number of nitrogens with two attached hydrogens (primary N) is 1. The van der Waals surface area contributed by atoms with Crippen LogP contribution in [0.2, 0.25) is 0 Å². The Bertz CT molecular complexity index is 417. The van der Waals surface area contributed by atoms with E-state index in [1.165, 1.54) is 11.1 Å². The Morgan fingerprint density at radius 1 is 1.10 bits per heavy atom. The Labute approximate surface area is 135 Å². The molecule has 4 heteroatoms. The molecule has 0 radical (unpaired) electrons. The van der Waals surface area contributed by atoms with Gasteiger partial charge in [-0.3, -0.25) is 4.79 Å². The van der Waals surface area contributed by atoms with E-state index in [-0.39, 0.29) is 24.2 Å². The van der Waals surface area contributed by atoms with E-state index < -0.39 is 0 Å². The van der Waals surface area contributed by atoms with Gasteiger partial charge in [0.1, 0.15) is 0 Å². The van der Waals surface area contributed by atoms with E-state index in [1.807, 2.05) is 6.92 Å². The van der Waals surface area contributed by atoms with Gasteiger partial charge in [0.15, 0.2) is 0 Å². The third kappa shape index (κ3) is 6.96. The zero-order chi connectivity index (χ0) is 15.1. The third-order valence-electron chi connectivity index (χ3n) is 3.71. The number of hydrogen-bond acceptors (Lipinski definition) is 2. The molecule has 2 unspecified atom stereocenters. The minimum absolute atomic E-state index is 0. The van der Waals surface area contributed by atoms with Gasteiger partial charge < -0.3 is 11.1 Å². The summed E-state index contributed by atoms with van der Waals surface area (Å²) < 4.78 is 0. The molecule has 0 heterocycles. The summed E-state index contributed by atoms with van der Waals surface area (Å²) in [7, 11) is 0. The van der Waals surface area contributed by atoms with Gasteiger partial charge in [0.2, 0.25) is 5.91 Å².